The molecule has 0 spiro atoms. The van der Waals surface area contributed by atoms with Crippen LogP contribution in [0.25, 0.3) is 38.8 Å². The quantitative estimate of drug-likeness (QED) is 0.142. The molecular formula is C59H53N4OPt-3. The molecule has 5 nitrogen and oxygen atoms in total. The molecule has 0 saturated heterocycles. The fourth-order valence-corrected chi connectivity index (χ4v) is 8.88. The second-order valence-corrected chi connectivity index (χ2v) is 19.5. The maximum atomic E-state index is 6.69. The van der Waals surface area contributed by atoms with E-state index in [2.05, 4.69) is 234 Å². The molecule has 65 heavy (non-hydrogen) atoms. The van der Waals surface area contributed by atoms with E-state index < -0.39 is 0 Å². The fourth-order valence-electron chi connectivity index (χ4n) is 8.88. The van der Waals surface area contributed by atoms with Crippen LogP contribution in [-0.2, 0) is 37.3 Å². The largest absolute Gasteiger partial charge is 0.509 e. The standard InChI is InChI=1S/C59H53N4O.Pt/c1-57(2,3)43-26-29-53-55(35-43)62(47-33-41(40-18-11-9-12-19-40)32-45(34-47)58(4,5)6)39-61(53)46-22-17-23-48(37-46)64-49-27-28-51-50-24-15-16-25-52(50)63(54(51)38-49)56-36-44(30-31-60-56)59(7,8)42-20-13-10-14-21-42;/h9-36,39H,1-8H3;/q-3;. The molecule has 0 bridgehead atoms. The van der Waals surface area contributed by atoms with Gasteiger partial charge in [-0.3, -0.25) is 0 Å². The van der Waals surface area contributed by atoms with Crippen molar-refractivity contribution in [1.82, 2.24) is 9.55 Å². The number of fused-ring (bicyclic) bond motifs is 4. The van der Waals surface area contributed by atoms with Crippen molar-refractivity contribution in [2.45, 2.75) is 71.6 Å². The van der Waals surface area contributed by atoms with Crippen molar-refractivity contribution in [2.75, 3.05) is 9.80 Å². The molecule has 3 heterocycles. The number of pyridine rings is 1. The minimum atomic E-state index is -0.225. The Hall–Kier alpha value is -6.42. The molecule has 0 atom stereocenters. The van der Waals surface area contributed by atoms with Gasteiger partial charge < -0.3 is 19.1 Å². The van der Waals surface area contributed by atoms with Gasteiger partial charge in [-0.1, -0.05) is 152 Å². The van der Waals surface area contributed by atoms with Crippen LogP contribution in [0, 0.1) is 18.8 Å². The van der Waals surface area contributed by atoms with Gasteiger partial charge in [0.15, 0.2) is 0 Å². The molecule has 1 aliphatic rings. The molecule has 7 aromatic carbocycles. The number of nitrogens with zero attached hydrogens (tertiary/aromatic N) is 4. The summed E-state index contributed by atoms with van der Waals surface area (Å²) in [5.41, 5.74) is 13.2. The zero-order chi connectivity index (χ0) is 44.4. The molecule has 0 aliphatic carbocycles. The van der Waals surface area contributed by atoms with Crippen LogP contribution in [0.2, 0.25) is 0 Å². The molecule has 0 amide bonds. The summed E-state index contributed by atoms with van der Waals surface area (Å²) in [5.74, 6) is 2.03. The van der Waals surface area contributed by atoms with Crippen LogP contribution in [0.1, 0.15) is 77.6 Å². The van der Waals surface area contributed by atoms with Crippen LogP contribution in [-0.4, -0.2) is 9.55 Å². The van der Waals surface area contributed by atoms with Crippen molar-refractivity contribution in [2.24, 2.45) is 0 Å². The Morgan fingerprint density at radius 1 is 0.508 bits per heavy atom. The van der Waals surface area contributed by atoms with Gasteiger partial charge in [0, 0.05) is 66.8 Å². The second-order valence-electron chi connectivity index (χ2n) is 19.5. The zero-order valence-electron chi connectivity index (χ0n) is 38.3. The Morgan fingerprint density at radius 3 is 1.97 bits per heavy atom. The molecule has 1 aliphatic heterocycles. The van der Waals surface area contributed by atoms with Crippen molar-refractivity contribution in [1.29, 1.82) is 0 Å². The Bertz CT molecular complexity index is 3180. The van der Waals surface area contributed by atoms with Gasteiger partial charge in [0.1, 0.15) is 5.82 Å². The topological polar surface area (TPSA) is 33.5 Å². The number of anilines is 4. The summed E-state index contributed by atoms with van der Waals surface area (Å²) in [7, 11) is 0. The number of benzene rings is 7. The van der Waals surface area contributed by atoms with E-state index in [1.165, 1.54) is 33.4 Å². The van der Waals surface area contributed by atoms with Gasteiger partial charge in [-0.2, -0.15) is 12.1 Å². The van der Waals surface area contributed by atoms with Gasteiger partial charge in [0.2, 0.25) is 0 Å². The minimum Gasteiger partial charge on any atom is -0.509 e. The van der Waals surface area contributed by atoms with Crippen molar-refractivity contribution in [3.63, 3.8) is 0 Å². The van der Waals surface area contributed by atoms with Gasteiger partial charge in [-0.25, -0.2) is 4.98 Å². The van der Waals surface area contributed by atoms with Crippen LogP contribution in [0.5, 0.6) is 11.5 Å². The average molecular weight is 1030 g/mol. The number of rotatable bonds is 8. The Labute approximate surface area is 398 Å². The zero-order valence-corrected chi connectivity index (χ0v) is 40.5. The van der Waals surface area contributed by atoms with E-state index in [9.17, 15) is 0 Å². The van der Waals surface area contributed by atoms with Crippen LogP contribution < -0.4 is 14.5 Å². The molecular weight excluding hydrogens is 976 g/mol. The van der Waals surface area contributed by atoms with E-state index in [1.807, 2.05) is 24.4 Å². The Morgan fingerprint density at radius 2 is 1.22 bits per heavy atom. The second kappa shape index (κ2) is 16.9. The van der Waals surface area contributed by atoms with E-state index in [1.54, 1.807) is 0 Å². The maximum absolute atomic E-state index is 6.69. The predicted octanol–water partition coefficient (Wildman–Crippen LogP) is 15.6. The van der Waals surface area contributed by atoms with Crippen LogP contribution in [0.15, 0.2) is 170 Å². The van der Waals surface area contributed by atoms with Gasteiger partial charge in [-0.05, 0) is 92.1 Å². The third-order valence-corrected chi connectivity index (χ3v) is 12.7. The molecule has 9 aromatic rings. The SMILES string of the molecule is CC(C)(C)c1cc(-c2ccccc2)cc(N2[CH-]N(c3[c-]c(Oc4[c-]c5c(cc4)c4ccccc4n5-c4cc(C(C)(C)c5ccccc5)ccn4)ccc3)c3ccc(C(C)(C)C)cc32)c1.[Pt]. The van der Waals surface area contributed by atoms with Gasteiger partial charge in [-0.15, -0.1) is 48.1 Å². The Kier molecular flexibility index (Phi) is 11.4. The van der Waals surface area contributed by atoms with Crippen molar-refractivity contribution in [3.8, 4) is 28.4 Å². The van der Waals surface area contributed by atoms with Gasteiger partial charge >= 0.3 is 0 Å². The fraction of sp³-hybridized carbons (Fsp3) is 0.186. The van der Waals surface area contributed by atoms with Crippen molar-refractivity contribution >= 4 is 44.6 Å². The smallest absolute Gasteiger partial charge is 0.135 e. The molecule has 0 radical (unpaired) electrons. The van der Waals surface area contributed by atoms with E-state index in [0.717, 1.165) is 50.4 Å². The van der Waals surface area contributed by atoms with Gasteiger partial charge in [0.25, 0.3) is 0 Å². The molecule has 6 heteroatoms. The van der Waals surface area contributed by atoms with E-state index in [0.29, 0.717) is 11.5 Å². The van der Waals surface area contributed by atoms with Crippen LogP contribution >= 0.6 is 0 Å². The third kappa shape index (κ3) is 8.28. The third-order valence-electron chi connectivity index (χ3n) is 12.7. The summed E-state index contributed by atoms with van der Waals surface area (Å²) in [5, 5.41) is 2.22. The van der Waals surface area contributed by atoms with E-state index in [4.69, 9.17) is 9.72 Å². The average Bonchev–Trinajstić information content (AvgIpc) is 3.85. The number of hydrogen-bond acceptors (Lipinski definition) is 4. The number of para-hydroxylation sites is 1. The number of aromatic nitrogens is 2. The number of hydrogen-bond donors (Lipinski definition) is 0. The van der Waals surface area contributed by atoms with Crippen molar-refractivity contribution in [3.05, 3.63) is 211 Å². The molecule has 328 valence electrons. The molecule has 2 aromatic heterocycles. The first-order valence-corrected chi connectivity index (χ1v) is 22.2. The molecule has 0 saturated carbocycles. The summed E-state index contributed by atoms with van der Waals surface area (Å²) in [6.45, 7) is 20.4. The molecule has 0 fully saturated rings. The van der Waals surface area contributed by atoms with E-state index in [-0.39, 0.29) is 37.3 Å². The predicted molar refractivity (Wildman–Crippen MR) is 266 cm³/mol. The van der Waals surface area contributed by atoms with Crippen molar-refractivity contribution < 1.29 is 25.8 Å². The normalized spacial score (nSPS) is 13.0. The Balaban J connectivity index is 0.00000533. The first-order valence-electron chi connectivity index (χ1n) is 22.2. The molecule has 0 unspecified atom stereocenters. The van der Waals surface area contributed by atoms with E-state index >= 15 is 0 Å². The minimum absolute atomic E-state index is 0. The summed E-state index contributed by atoms with van der Waals surface area (Å²) >= 11 is 0. The first-order chi connectivity index (χ1) is 30.7. The number of ether oxygens (including phenoxy) is 1. The summed E-state index contributed by atoms with van der Waals surface area (Å²) in [4.78, 5) is 9.50. The molecule has 10 rings (SSSR count). The van der Waals surface area contributed by atoms with Crippen LogP contribution in [0.4, 0.5) is 22.7 Å². The maximum Gasteiger partial charge on any atom is 0.135 e. The monoisotopic (exact) mass is 1030 g/mol. The summed E-state index contributed by atoms with van der Waals surface area (Å²) < 4.78 is 8.90. The summed E-state index contributed by atoms with van der Waals surface area (Å²) in [6.07, 6.45) is 1.92. The van der Waals surface area contributed by atoms with Gasteiger partial charge in [0.05, 0.1) is 0 Å². The first kappa shape index (κ1) is 43.8. The molecule has 0 N–H and O–H groups in total. The summed E-state index contributed by atoms with van der Waals surface area (Å²) in [6, 6.07) is 65.5. The van der Waals surface area contributed by atoms with Crippen LogP contribution in [0.3, 0.4) is 0 Å².